The standard InChI is InChI=1S/C6H12.C6H10.CH4/c2*1-4-6(3)5-2;/h3-5H2,1-2H3;4H,1,3,5H2,2H3;1H4. The van der Waals surface area contributed by atoms with Crippen molar-refractivity contribution in [3.05, 3.63) is 37.0 Å². The molecule has 0 aliphatic heterocycles. The van der Waals surface area contributed by atoms with Crippen LogP contribution in [0.1, 0.15) is 47.5 Å². The minimum atomic E-state index is 0. The molecule has 0 spiro atoms. The molecule has 0 unspecified atom stereocenters. The number of allylic oxidation sites excluding steroid dienone is 3. The normalized spacial score (nSPS) is 7.31. The maximum atomic E-state index is 3.79. The highest BCUT2D eigenvalue weighted by atomic mass is 13.8. The molecular weight excluding hydrogens is 156 g/mol. The lowest BCUT2D eigenvalue weighted by Gasteiger charge is -1.89. The number of hydrogen-bond acceptors (Lipinski definition) is 0. The monoisotopic (exact) mass is 182 g/mol. The number of hydrogen-bond donors (Lipinski definition) is 0. The molecule has 0 N–H and O–H groups in total. The van der Waals surface area contributed by atoms with Gasteiger partial charge in [0, 0.05) is 0 Å². The third-order valence-electron chi connectivity index (χ3n) is 1.74. The van der Waals surface area contributed by atoms with Gasteiger partial charge < -0.3 is 0 Å². The Labute approximate surface area is 85.1 Å². The van der Waals surface area contributed by atoms with Crippen molar-refractivity contribution < 1.29 is 0 Å². The molecule has 0 bridgehead atoms. The van der Waals surface area contributed by atoms with Gasteiger partial charge in [-0.25, -0.2) is 0 Å². The fourth-order valence-electron chi connectivity index (χ4n) is 0.394. The Bertz CT molecular complexity index is 134. The van der Waals surface area contributed by atoms with Crippen LogP contribution in [0.15, 0.2) is 37.0 Å². The third kappa shape index (κ3) is 18.3. The number of rotatable bonds is 4. The minimum absolute atomic E-state index is 0. The molecule has 0 fully saturated rings. The molecule has 0 aromatic carbocycles. The average Bonchev–Trinajstić information content (AvgIpc) is 2.16. The summed E-state index contributed by atoms with van der Waals surface area (Å²) in [6.07, 6.45) is 5.07. The summed E-state index contributed by atoms with van der Waals surface area (Å²) in [5.41, 5.74) is 2.45. The molecule has 13 heavy (non-hydrogen) atoms. The van der Waals surface area contributed by atoms with Crippen molar-refractivity contribution >= 4 is 0 Å². The first kappa shape index (κ1) is 18.1. The van der Waals surface area contributed by atoms with E-state index in [1.807, 2.05) is 0 Å². The Balaban J connectivity index is -0.000000143. The molecule has 78 valence electrons. The highest BCUT2D eigenvalue weighted by Crippen LogP contribution is 1.98. The van der Waals surface area contributed by atoms with Crippen molar-refractivity contribution in [3.63, 3.8) is 0 Å². The van der Waals surface area contributed by atoms with E-state index < -0.39 is 0 Å². The molecule has 0 saturated carbocycles. The molecule has 0 heterocycles. The van der Waals surface area contributed by atoms with Crippen LogP contribution in [-0.2, 0) is 0 Å². The zero-order valence-corrected chi connectivity index (χ0v) is 8.82. The molecule has 0 aliphatic rings. The first-order chi connectivity index (χ1) is 5.62. The predicted molar refractivity (Wildman–Crippen MR) is 66.1 cm³/mol. The van der Waals surface area contributed by atoms with Crippen LogP contribution in [0.3, 0.4) is 0 Å². The van der Waals surface area contributed by atoms with E-state index in [1.165, 1.54) is 5.57 Å². The van der Waals surface area contributed by atoms with Crippen LogP contribution in [0.2, 0.25) is 0 Å². The van der Waals surface area contributed by atoms with Crippen LogP contribution < -0.4 is 0 Å². The topological polar surface area (TPSA) is 0 Å². The summed E-state index contributed by atoms with van der Waals surface area (Å²) >= 11 is 0. The van der Waals surface area contributed by atoms with Crippen LogP contribution in [-0.4, -0.2) is 0 Å². The zero-order chi connectivity index (χ0) is 9.98. The Hall–Kier alpha value is -0.780. The van der Waals surface area contributed by atoms with Crippen LogP contribution in [0.4, 0.5) is 0 Å². The SMILES string of the molecule is C.C=C(CC)CC.C=CC(=C)CC. The van der Waals surface area contributed by atoms with E-state index in [0.29, 0.717) is 0 Å². The van der Waals surface area contributed by atoms with Crippen LogP contribution in [0.5, 0.6) is 0 Å². The Morgan fingerprint density at radius 2 is 1.38 bits per heavy atom. The smallest absolute Gasteiger partial charge is 0.0314 e. The first-order valence-electron chi connectivity index (χ1n) is 4.59. The molecule has 0 atom stereocenters. The summed E-state index contributed by atoms with van der Waals surface area (Å²) in [5, 5.41) is 0. The largest absolute Gasteiger partial charge is 0.0999 e. The fourth-order valence-corrected chi connectivity index (χ4v) is 0.394. The summed E-state index contributed by atoms with van der Waals surface area (Å²) in [5.74, 6) is 0. The summed E-state index contributed by atoms with van der Waals surface area (Å²) < 4.78 is 0. The van der Waals surface area contributed by atoms with Gasteiger partial charge in [0.1, 0.15) is 0 Å². The second-order valence-electron chi connectivity index (χ2n) is 2.67. The summed E-state index contributed by atoms with van der Waals surface area (Å²) in [6, 6.07) is 0. The van der Waals surface area contributed by atoms with E-state index in [0.717, 1.165) is 24.8 Å². The van der Waals surface area contributed by atoms with Gasteiger partial charge in [-0.1, -0.05) is 65.2 Å². The van der Waals surface area contributed by atoms with Crippen molar-refractivity contribution in [1.29, 1.82) is 0 Å². The van der Waals surface area contributed by atoms with Crippen LogP contribution in [0, 0.1) is 0 Å². The zero-order valence-electron chi connectivity index (χ0n) is 8.82. The Morgan fingerprint density at radius 1 is 1.00 bits per heavy atom. The summed E-state index contributed by atoms with van der Waals surface area (Å²) in [6.45, 7) is 17.3. The van der Waals surface area contributed by atoms with Crippen molar-refractivity contribution in [2.75, 3.05) is 0 Å². The van der Waals surface area contributed by atoms with E-state index in [1.54, 1.807) is 6.08 Å². The molecule has 0 aromatic rings. The first-order valence-corrected chi connectivity index (χ1v) is 4.59. The van der Waals surface area contributed by atoms with Gasteiger partial charge in [-0.05, 0) is 19.3 Å². The molecular formula is C13H26. The average molecular weight is 182 g/mol. The summed E-state index contributed by atoms with van der Waals surface area (Å²) in [4.78, 5) is 0. The maximum Gasteiger partial charge on any atom is -0.0314 e. The van der Waals surface area contributed by atoms with Crippen molar-refractivity contribution in [1.82, 2.24) is 0 Å². The second-order valence-corrected chi connectivity index (χ2v) is 2.67. The van der Waals surface area contributed by atoms with Gasteiger partial charge in [-0.2, -0.15) is 0 Å². The predicted octanol–water partition coefficient (Wildman–Crippen LogP) is 5.14. The van der Waals surface area contributed by atoms with Gasteiger partial charge in [0.15, 0.2) is 0 Å². The van der Waals surface area contributed by atoms with E-state index in [4.69, 9.17) is 0 Å². The molecule has 0 radical (unpaired) electrons. The van der Waals surface area contributed by atoms with Gasteiger partial charge in [0.2, 0.25) is 0 Å². The van der Waals surface area contributed by atoms with E-state index >= 15 is 0 Å². The van der Waals surface area contributed by atoms with E-state index in [-0.39, 0.29) is 7.43 Å². The van der Waals surface area contributed by atoms with Crippen LogP contribution >= 0.6 is 0 Å². The molecule has 0 aromatic heterocycles. The Morgan fingerprint density at radius 3 is 1.38 bits per heavy atom. The van der Waals surface area contributed by atoms with Gasteiger partial charge in [0.05, 0.1) is 0 Å². The van der Waals surface area contributed by atoms with Crippen molar-refractivity contribution in [2.24, 2.45) is 0 Å². The fraction of sp³-hybridized carbons (Fsp3) is 0.538. The Kier molecular flexibility index (Phi) is 19.2. The van der Waals surface area contributed by atoms with Gasteiger partial charge >= 0.3 is 0 Å². The second kappa shape index (κ2) is 13.8. The molecule has 0 nitrogen and oxygen atoms in total. The van der Waals surface area contributed by atoms with Gasteiger partial charge in [0.25, 0.3) is 0 Å². The lowest BCUT2D eigenvalue weighted by Crippen LogP contribution is -1.68. The summed E-state index contributed by atoms with van der Waals surface area (Å²) in [7, 11) is 0. The molecule has 0 aliphatic carbocycles. The highest BCUT2D eigenvalue weighted by Gasteiger charge is 1.78. The van der Waals surface area contributed by atoms with Gasteiger partial charge in [-0.3, -0.25) is 0 Å². The maximum absolute atomic E-state index is 3.79. The lowest BCUT2D eigenvalue weighted by molar-refractivity contribution is 0.986. The van der Waals surface area contributed by atoms with E-state index in [9.17, 15) is 0 Å². The molecule has 0 amide bonds. The van der Waals surface area contributed by atoms with E-state index in [2.05, 4.69) is 40.5 Å². The van der Waals surface area contributed by atoms with Crippen molar-refractivity contribution in [2.45, 2.75) is 47.5 Å². The third-order valence-corrected chi connectivity index (χ3v) is 1.74. The van der Waals surface area contributed by atoms with Crippen molar-refractivity contribution in [3.8, 4) is 0 Å². The van der Waals surface area contributed by atoms with Crippen LogP contribution in [0.25, 0.3) is 0 Å². The highest BCUT2D eigenvalue weighted by molar-refractivity contribution is 5.09. The molecule has 0 saturated heterocycles. The molecule has 0 rings (SSSR count). The lowest BCUT2D eigenvalue weighted by atomic mass is 10.2. The minimum Gasteiger partial charge on any atom is -0.0999 e. The molecule has 0 heteroatoms. The quantitative estimate of drug-likeness (QED) is 0.417. The van der Waals surface area contributed by atoms with Gasteiger partial charge in [-0.15, -0.1) is 0 Å².